The molecule has 0 spiro atoms. The van der Waals surface area contributed by atoms with Gasteiger partial charge in [-0.3, -0.25) is 0 Å². The molecule has 2 unspecified atom stereocenters. The van der Waals surface area contributed by atoms with Crippen molar-refractivity contribution in [2.75, 3.05) is 19.8 Å². The molecule has 2 aromatic rings. The van der Waals surface area contributed by atoms with Gasteiger partial charge >= 0.3 is 6.03 Å². The van der Waals surface area contributed by atoms with Crippen LogP contribution in [-0.4, -0.2) is 36.7 Å². The van der Waals surface area contributed by atoms with E-state index in [1.54, 1.807) is 0 Å². The van der Waals surface area contributed by atoms with E-state index in [4.69, 9.17) is 4.74 Å². The molecule has 1 saturated heterocycles. The molecule has 1 heterocycles. The Morgan fingerprint density at radius 3 is 2.37 bits per heavy atom. The lowest BCUT2D eigenvalue weighted by Gasteiger charge is -2.28. The van der Waals surface area contributed by atoms with Crippen LogP contribution in [0.5, 0.6) is 0 Å². The summed E-state index contributed by atoms with van der Waals surface area (Å²) in [7, 11) is 0. The number of hydrogen-bond acceptors (Lipinski definition) is 2. The molecule has 142 valence electrons. The predicted octanol–water partition coefficient (Wildman–Crippen LogP) is 4.18. The number of nitrogens with one attached hydrogen (secondary N) is 1. The summed E-state index contributed by atoms with van der Waals surface area (Å²) in [5.41, 5.74) is 2.38. The number of amides is 2. The molecule has 2 aromatic carbocycles. The second kappa shape index (κ2) is 8.57. The Labute approximate surface area is 161 Å². The summed E-state index contributed by atoms with van der Waals surface area (Å²) >= 11 is 0. The maximum Gasteiger partial charge on any atom is 0.318 e. The molecule has 1 N–H and O–H groups in total. The third-order valence-corrected chi connectivity index (χ3v) is 5.51. The van der Waals surface area contributed by atoms with Gasteiger partial charge in [0.05, 0.1) is 12.6 Å². The van der Waals surface area contributed by atoms with E-state index in [0.717, 1.165) is 51.0 Å². The first-order chi connectivity index (χ1) is 13.3. The van der Waals surface area contributed by atoms with Gasteiger partial charge in [0.25, 0.3) is 0 Å². The lowest BCUT2D eigenvalue weighted by Crippen LogP contribution is -2.45. The Bertz CT molecular complexity index is 725. The summed E-state index contributed by atoms with van der Waals surface area (Å²) in [6.07, 6.45) is 4.09. The van der Waals surface area contributed by atoms with E-state index in [0.29, 0.717) is 12.0 Å². The fraction of sp³-hybridized carbons (Fsp3) is 0.435. The Morgan fingerprint density at radius 2 is 1.74 bits per heavy atom. The van der Waals surface area contributed by atoms with Crippen molar-refractivity contribution >= 4 is 6.03 Å². The van der Waals surface area contributed by atoms with Crippen LogP contribution in [0.4, 0.5) is 4.79 Å². The summed E-state index contributed by atoms with van der Waals surface area (Å²) in [6, 6.07) is 21.1. The van der Waals surface area contributed by atoms with E-state index in [-0.39, 0.29) is 12.1 Å². The van der Waals surface area contributed by atoms with Crippen molar-refractivity contribution in [1.82, 2.24) is 10.2 Å². The van der Waals surface area contributed by atoms with Gasteiger partial charge in [0, 0.05) is 25.1 Å². The first kappa shape index (κ1) is 18.1. The first-order valence-electron chi connectivity index (χ1n) is 10.0. The van der Waals surface area contributed by atoms with Crippen LogP contribution < -0.4 is 5.32 Å². The van der Waals surface area contributed by atoms with E-state index in [2.05, 4.69) is 46.6 Å². The van der Waals surface area contributed by atoms with Crippen molar-refractivity contribution in [1.29, 1.82) is 0 Å². The van der Waals surface area contributed by atoms with Crippen molar-refractivity contribution < 1.29 is 9.53 Å². The third-order valence-electron chi connectivity index (χ3n) is 5.51. The van der Waals surface area contributed by atoms with Crippen LogP contribution in [0, 0.1) is 5.92 Å². The Kier molecular flexibility index (Phi) is 5.73. The highest BCUT2D eigenvalue weighted by Crippen LogP contribution is 2.30. The molecule has 0 radical (unpaired) electrons. The molecule has 4 rings (SSSR count). The average molecular weight is 364 g/mol. The minimum absolute atomic E-state index is 0.0258. The third kappa shape index (κ3) is 4.89. The smallest absolute Gasteiger partial charge is 0.318 e. The molecule has 0 aromatic heterocycles. The summed E-state index contributed by atoms with van der Waals surface area (Å²) < 4.78 is 5.51. The SMILES string of the molecule is O=C(NC(Cc1ccccc1)c1ccccc1)N(CC1CCOC1)C1CC1. The van der Waals surface area contributed by atoms with Crippen LogP contribution in [0.25, 0.3) is 0 Å². The monoisotopic (exact) mass is 364 g/mol. The fourth-order valence-corrected chi connectivity index (χ4v) is 3.81. The topological polar surface area (TPSA) is 41.6 Å². The zero-order valence-electron chi connectivity index (χ0n) is 15.7. The Hall–Kier alpha value is -2.33. The van der Waals surface area contributed by atoms with E-state index in [9.17, 15) is 4.79 Å². The van der Waals surface area contributed by atoms with Gasteiger partial charge in [-0.15, -0.1) is 0 Å². The van der Waals surface area contributed by atoms with E-state index in [1.165, 1.54) is 5.56 Å². The highest BCUT2D eigenvalue weighted by Gasteiger charge is 2.35. The molecular weight excluding hydrogens is 336 g/mol. The largest absolute Gasteiger partial charge is 0.381 e. The second-order valence-electron chi connectivity index (χ2n) is 7.72. The Balaban J connectivity index is 1.48. The molecule has 1 aliphatic heterocycles. The van der Waals surface area contributed by atoms with Crippen molar-refractivity contribution in [2.45, 2.75) is 37.8 Å². The van der Waals surface area contributed by atoms with Gasteiger partial charge in [0.1, 0.15) is 0 Å². The van der Waals surface area contributed by atoms with E-state index in [1.807, 2.05) is 24.3 Å². The van der Waals surface area contributed by atoms with Gasteiger partial charge in [-0.05, 0) is 36.8 Å². The van der Waals surface area contributed by atoms with Gasteiger partial charge in [-0.2, -0.15) is 0 Å². The van der Waals surface area contributed by atoms with Crippen LogP contribution in [0.1, 0.15) is 36.4 Å². The zero-order chi connectivity index (χ0) is 18.5. The van der Waals surface area contributed by atoms with Crippen molar-refractivity contribution in [3.8, 4) is 0 Å². The molecule has 1 aliphatic carbocycles. The van der Waals surface area contributed by atoms with Crippen LogP contribution in [0.15, 0.2) is 60.7 Å². The standard InChI is InChI=1S/C23H28N2O2/c26-23(25(21-11-12-21)16-19-13-14-27-17-19)24-22(20-9-5-2-6-10-20)15-18-7-3-1-4-8-18/h1-10,19,21-22H,11-17H2,(H,24,26). The van der Waals surface area contributed by atoms with E-state index < -0.39 is 0 Å². The van der Waals surface area contributed by atoms with Crippen LogP contribution in [0.2, 0.25) is 0 Å². The van der Waals surface area contributed by atoms with E-state index >= 15 is 0 Å². The quantitative estimate of drug-likeness (QED) is 0.801. The highest BCUT2D eigenvalue weighted by molar-refractivity contribution is 5.75. The predicted molar refractivity (Wildman–Crippen MR) is 107 cm³/mol. The number of nitrogens with zero attached hydrogens (tertiary/aromatic N) is 1. The second-order valence-corrected chi connectivity index (χ2v) is 7.72. The summed E-state index contributed by atoms with van der Waals surface area (Å²) in [5.74, 6) is 0.473. The molecule has 2 amide bonds. The van der Waals surface area contributed by atoms with Crippen LogP contribution in [0.3, 0.4) is 0 Å². The number of hydrogen-bond donors (Lipinski definition) is 1. The van der Waals surface area contributed by atoms with Gasteiger partial charge in [0.15, 0.2) is 0 Å². The van der Waals surface area contributed by atoms with Crippen LogP contribution in [-0.2, 0) is 11.2 Å². The maximum atomic E-state index is 13.2. The van der Waals surface area contributed by atoms with Gasteiger partial charge in [-0.1, -0.05) is 60.7 Å². The van der Waals surface area contributed by atoms with Crippen molar-refractivity contribution in [2.24, 2.45) is 5.92 Å². The number of carbonyl (C=O) groups is 1. The molecule has 0 bridgehead atoms. The molecule has 2 aliphatic rings. The molecule has 4 heteroatoms. The van der Waals surface area contributed by atoms with Gasteiger partial charge in [0.2, 0.25) is 0 Å². The van der Waals surface area contributed by atoms with Crippen LogP contribution >= 0.6 is 0 Å². The molecule has 1 saturated carbocycles. The highest BCUT2D eigenvalue weighted by atomic mass is 16.5. The minimum Gasteiger partial charge on any atom is -0.381 e. The minimum atomic E-state index is -0.0258. The van der Waals surface area contributed by atoms with Crippen molar-refractivity contribution in [3.05, 3.63) is 71.8 Å². The lowest BCUT2D eigenvalue weighted by molar-refractivity contribution is 0.160. The number of rotatable bonds is 7. The number of benzene rings is 2. The summed E-state index contributed by atoms with van der Waals surface area (Å²) in [4.78, 5) is 15.2. The number of urea groups is 1. The zero-order valence-corrected chi connectivity index (χ0v) is 15.7. The Morgan fingerprint density at radius 1 is 1.04 bits per heavy atom. The van der Waals surface area contributed by atoms with Gasteiger partial charge < -0.3 is 15.0 Å². The maximum absolute atomic E-state index is 13.2. The summed E-state index contributed by atoms with van der Waals surface area (Å²) in [6.45, 7) is 2.41. The molecule has 2 atom stereocenters. The van der Waals surface area contributed by atoms with Gasteiger partial charge in [-0.25, -0.2) is 4.79 Å². The molecule has 27 heavy (non-hydrogen) atoms. The van der Waals surface area contributed by atoms with Crippen molar-refractivity contribution in [3.63, 3.8) is 0 Å². The average Bonchev–Trinajstić information content (AvgIpc) is 3.42. The summed E-state index contributed by atoms with van der Waals surface area (Å²) in [5, 5.41) is 3.32. The molecule has 4 nitrogen and oxygen atoms in total. The molecule has 2 fully saturated rings. The number of carbonyl (C=O) groups excluding carboxylic acids is 1. The first-order valence-corrected chi connectivity index (χ1v) is 10.0. The normalized spacial score (nSPS) is 20.2. The lowest BCUT2D eigenvalue weighted by atomic mass is 9.99. The molecular formula is C23H28N2O2. The fourth-order valence-electron chi connectivity index (χ4n) is 3.81. The number of ether oxygens (including phenoxy) is 1.